The van der Waals surface area contributed by atoms with Crippen LogP contribution >= 0.6 is 0 Å². The summed E-state index contributed by atoms with van der Waals surface area (Å²) in [5, 5.41) is 3.07. The lowest BCUT2D eigenvalue weighted by molar-refractivity contribution is -0.148. The van der Waals surface area contributed by atoms with E-state index in [4.69, 9.17) is 10.5 Å². The molecule has 2 aromatic carbocycles. The van der Waals surface area contributed by atoms with E-state index in [1.54, 1.807) is 0 Å². The topological polar surface area (TPSA) is 103 Å². The van der Waals surface area contributed by atoms with Crippen LogP contribution in [0.25, 0.3) is 0 Å². The van der Waals surface area contributed by atoms with Crippen molar-refractivity contribution < 1.29 is 9.53 Å². The van der Waals surface area contributed by atoms with Crippen molar-refractivity contribution in [2.75, 3.05) is 11.1 Å². The number of nitrogens with zero attached hydrogens (tertiary/aromatic N) is 3. The first-order chi connectivity index (χ1) is 14.1. The molecule has 7 heteroatoms. The van der Waals surface area contributed by atoms with Gasteiger partial charge < -0.3 is 15.8 Å². The fraction of sp³-hybridized carbons (Fsp3) is 0.273. The number of esters is 1. The Hall–Kier alpha value is -3.48. The Balaban J connectivity index is 1.71. The fourth-order valence-electron chi connectivity index (χ4n) is 3.03. The number of nitrogens with one attached hydrogen (secondary N) is 1. The molecule has 0 radical (unpaired) electrons. The second-order valence-electron chi connectivity index (χ2n) is 6.81. The molecule has 0 aliphatic heterocycles. The number of para-hydroxylation sites is 1. The van der Waals surface area contributed by atoms with Crippen LogP contribution in [-0.4, -0.2) is 20.9 Å². The molecule has 3 N–H and O–H groups in total. The summed E-state index contributed by atoms with van der Waals surface area (Å²) in [6.45, 7) is 4.03. The van der Waals surface area contributed by atoms with Crippen LogP contribution in [-0.2, 0) is 16.1 Å². The molecule has 29 heavy (non-hydrogen) atoms. The number of rotatable bonds is 8. The van der Waals surface area contributed by atoms with Gasteiger partial charge in [0.25, 0.3) is 0 Å². The molecule has 0 aliphatic carbocycles. The van der Waals surface area contributed by atoms with Crippen LogP contribution in [0.2, 0.25) is 0 Å². The van der Waals surface area contributed by atoms with E-state index in [0.717, 1.165) is 17.7 Å². The molecular formula is C22H25N5O2. The van der Waals surface area contributed by atoms with E-state index in [0.29, 0.717) is 11.8 Å². The SMILES string of the molecule is CC[C@@H](C)[C@H](C(=O)OCc1nc(N)nc(Nc2ccccc2)n1)c1ccccc1. The van der Waals surface area contributed by atoms with Gasteiger partial charge in [0.1, 0.15) is 0 Å². The summed E-state index contributed by atoms with van der Waals surface area (Å²) >= 11 is 0. The summed E-state index contributed by atoms with van der Waals surface area (Å²) in [4.78, 5) is 25.3. The second-order valence-corrected chi connectivity index (χ2v) is 6.81. The Kier molecular flexibility index (Phi) is 6.73. The first-order valence-electron chi connectivity index (χ1n) is 9.61. The van der Waals surface area contributed by atoms with Crippen molar-refractivity contribution in [3.05, 3.63) is 72.1 Å². The van der Waals surface area contributed by atoms with Crippen molar-refractivity contribution in [1.29, 1.82) is 0 Å². The van der Waals surface area contributed by atoms with Gasteiger partial charge in [-0.3, -0.25) is 4.79 Å². The lowest BCUT2D eigenvalue weighted by Gasteiger charge is -2.21. The van der Waals surface area contributed by atoms with E-state index < -0.39 is 0 Å². The smallest absolute Gasteiger partial charge is 0.314 e. The van der Waals surface area contributed by atoms with Gasteiger partial charge in [-0.1, -0.05) is 68.8 Å². The normalized spacial score (nSPS) is 12.8. The Morgan fingerprint density at radius 2 is 1.69 bits per heavy atom. The maximum atomic E-state index is 12.8. The third-order valence-corrected chi connectivity index (χ3v) is 4.70. The zero-order valence-electron chi connectivity index (χ0n) is 16.6. The molecule has 0 fully saturated rings. The minimum Gasteiger partial charge on any atom is -0.457 e. The molecule has 150 valence electrons. The summed E-state index contributed by atoms with van der Waals surface area (Å²) < 4.78 is 5.55. The number of carbonyl (C=O) groups is 1. The molecule has 1 heterocycles. The summed E-state index contributed by atoms with van der Waals surface area (Å²) in [7, 11) is 0. The van der Waals surface area contributed by atoms with Gasteiger partial charge in [0.15, 0.2) is 12.4 Å². The Morgan fingerprint density at radius 1 is 1.03 bits per heavy atom. The van der Waals surface area contributed by atoms with E-state index in [2.05, 4.69) is 27.2 Å². The van der Waals surface area contributed by atoms with Crippen LogP contribution in [0.4, 0.5) is 17.6 Å². The van der Waals surface area contributed by atoms with Gasteiger partial charge in [-0.15, -0.1) is 0 Å². The Morgan fingerprint density at radius 3 is 2.34 bits per heavy atom. The molecule has 0 saturated carbocycles. The minimum absolute atomic E-state index is 0.0611. The first-order valence-corrected chi connectivity index (χ1v) is 9.61. The number of anilines is 3. The lowest BCUT2D eigenvalue weighted by Crippen LogP contribution is -2.22. The number of hydrogen-bond acceptors (Lipinski definition) is 7. The van der Waals surface area contributed by atoms with Gasteiger partial charge in [0.05, 0.1) is 5.92 Å². The van der Waals surface area contributed by atoms with Gasteiger partial charge >= 0.3 is 5.97 Å². The Labute approximate surface area is 170 Å². The molecule has 2 atom stereocenters. The van der Waals surface area contributed by atoms with Crippen LogP contribution < -0.4 is 11.1 Å². The highest BCUT2D eigenvalue weighted by Gasteiger charge is 2.27. The van der Waals surface area contributed by atoms with Crippen molar-refractivity contribution in [3.8, 4) is 0 Å². The molecule has 7 nitrogen and oxygen atoms in total. The summed E-state index contributed by atoms with van der Waals surface area (Å²) in [5.41, 5.74) is 7.56. The molecule has 0 unspecified atom stereocenters. The van der Waals surface area contributed by atoms with Crippen molar-refractivity contribution >= 4 is 23.6 Å². The Bertz CT molecular complexity index is 934. The summed E-state index contributed by atoms with van der Waals surface area (Å²) in [5.74, 6) is 0.149. The third-order valence-electron chi connectivity index (χ3n) is 4.70. The predicted molar refractivity (Wildman–Crippen MR) is 112 cm³/mol. The van der Waals surface area contributed by atoms with E-state index >= 15 is 0 Å². The number of nitrogens with two attached hydrogens (primary N) is 1. The fourth-order valence-corrected chi connectivity index (χ4v) is 3.03. The monoisotopic (exact) mass is 391 g/mol. The molecule has 0 aliphatic rings. The molecular weight excluding hydrogens is 366 g/mol. The number of hydrogen-bond donors (Lipinski definition) is 2. The first kappa shape index (κ1) is 20.3. The second kappa shape index (κ2) is 9.64. The quantitative estimate of drug-likeness (QED) is 0.558. The van der Waals surface area contributed by atoms with Crippen LogP contribution in [0.1, 0.15) is 37.6 Å². The number of benzene rings is 2. The molecule has 0 saturated heterocycles. The molecule has 1 aromatic heterocycles. The van der Waals surface area contributed by atoms with Crippen LogP contribution in [0.3, 0.4) is 0 Å². The lowest BCUT2D eigenvalue weighted by atomic mass is 9.86. The molecule has 3 rings (SSSR count). The standard InChI is InChI=1S/C22H25N5O2/c1-3-15(2)19(16-10-6-4-7-11-16)20(28)29-14-18-25-21(23)27-22(26-18)24-17-12-8-5-9-13-17/h4-13,15,19H,3,14H2,1-2H3,(H3,23,24,25,26,27)/t15-,19+/m1/s1. The van der Waals surface area contributed by atoms with E-state index in [-0.39, 0.29) is 30.4 Å². The largest absolute Gasteiger partial charge is 0.457 e. The predicted octanol–water partition coefficient (Wildman–Crippen LogP) is 4.07. The maximum absolute atomic E-state index is 12.8. The molecule has 0 spiro atoms. The minimum atomic E-state index is -0.345. The van der Waals surface area contributed by atoms with Gasteiger partial charge in [-0.05, 0) is 23.6 Å². The molecule has 0 bridgehead atoms. The summed E-state index contributed by atoms with van der Waals surface area (Å²) in [6, 6.07) is 19.1. The van der Waals surface area contributed by atoms with E-state index in [1.807, 2.05) is 67.6 Å². The zero-order chi connectivity index (χ0) is 20.6. The molecule has 3 aromatic rings. The third kappa shape index (κ3) is 5.51. The number of nitrogen functional groups attached to an aromatic ring is 1. The van der Waals surface area contributed by atoms with Crippen LogP contribution in [0.15, 0.2) is 60.7 Å². The van der Waals surface area contributed by atoms with Crippen molar-refractivity contribution in [3.63, 3.8) is 0 Å². The highest BCUT2D eigenvalue weighted by atomic mass is 16.5. The number of carbonyl (C=O) groups excluding carboxylic acids is 1. The van der Waals surface area contributed by atoms with Gasteiger partial charge in [-0.25, -0.2) is 0 Å². The maximum Gasteiger partial charge on any atom is 0.314 e. The van der Waals surface area contributed by atoms with Gasteiger partial charge in [0.2, 0.25) is 11.9 Å². The highest BCUT2D eigenvalue weighted by Crippen LogP contribution is 2.28. The molecule has 0 amide bonds. The van der Waals surface area contributed by atoms with E-state index in [1.165, 1.54) is 0 Å². The number of ether oxygens (including phenoxy) is 1. The van der Waals surface area contributed by atoms with Crippen LogP contribution in [0, 0.1) is 5.92 Å². The van der Waals surface area contributed by atoms with Crippen molar-refractivity contribution in [1.82, 2.24) is 15.0 Å². The average molecular weight is 391 g/mol. The van der Waals surface area contributed by atoms with Crippen molar-refractivity contribution in [2.45, 2.75) is 32.8 Å². The summed E-state index contributed by atoms with van der Waals surface area (Å²) in [6.07, 6.45) is 0.860. The van der Waals surface area contributed by atoms with Crippen molar-refractivity contribution in [2.24, 2.45) is 5.92 Å². The highest BCUT2D eigenvalue weighted by molar-refractivity contribution is 5.78. The van der Waals surface area contributed by atoms with Gasteiger partial charge in [-0.2, -0.15) is 15.0 Å². The van der Waals surface area contributed by atoms with E-state index in [9.17, 15) is 4.79 Å². The zero-order valence-corrected chi connectivity index (χ0v) is 16.6. The average Bonchev–Trinajstić information content (AvgIpc) is 2.73. The number of aromatic nitrogens is 3. The van der Waals surface area contributed by atoms with Gasteiger partial charge in [0, 0.05) is 5.69 Å². The van der Waals surface area contributed by atoms with Crippen LogP contribution in [0.5, 0.6) is 0 Å².